The molecule has 0 saturated carbocycles. The number of imidazole rings is 3. The molecule has 0 saturated heterocycles. The summed E-state index contributed by atoms with van der Waals surface area (Å²) in [5.74, 6) is 0. The van der Waals surface area contributed by atoms with Gasteiger partial charge in [-0.05, 0) is 217 Å². The average Bonchev–Trinajstić information content (AvgIpc) is 1.61. The van der Waals surface area contributed by atoms with E-state index in [-0.39, 0.29) is 0 Å². The van der Waals surface area contributed by atoms with E-state index >= 15 is 0 Å². The van der Waals surface area contributed by atoms with E-state index in [1.54, 1.807) is 6.20 Å². The minimum absolute atomic E-state index is 0.752. The van der Waals surface area contributed by atoms with Crippen LogP contribution >= 0.6 is 0 Å². The van der Waals surface area contributed by atoms with E-state index < -0.39 is 0 Å². The number of hydrogen-bond donors (Lipinski definition) is 0. The average molecular weight is 1850 g/mol. The van der Waals surface area contributed by atoms with Crippen molar-refractivity contribution in [1.82, 2.24) is 83.0 Å². The lowest BCUT2D eigenvalue weighted by Crippen LogP contribution is -1.98. The Bertz CT molecular complexity index is 10800. The molecule has 31 aromatic rings. The molecule has 31 rings (SSSR count). The largest absolute Gasteiger partial charge is 0.299 e. The third kappa shape index (κ3) is 13.7. The Balaban J connectivity index is 0.000000103. The summed E-state index contributed by atoms with van der Waals surface area (Å²) in [5.41, 5.74) is 30.5. The van der Waals surface area contributed by atoms with Gasteiger partial charge >= 0.3 is 0 Å². The standard InChI is InChI=1S/C46H27N5.2C41H24N6/c1-2-11-30-25-32(16-15-28(30)9-1)43-42(48-40-22-19-29-10-3-4-12-34(29)44(40)50-43)33-18-21-36-38(27-33)37-26-31(39-13-5-7-23-47-39)17-20-35(37)45-46(36)51-24-8-6-14-41(51)49-45;1-2-10-28-25(9-1)16-19-35-38(28)46-37(40(44-35)34-12-4-7-21-43-34)27-15-18-30-32(24-27)31-23-26(33-11-3-6-20-42-33)14-17-29(31)39-41(30)47-22-8-5-13-36(47)45-39;1-2-10-28-25(9-1)16-19-35-38(28)46-40(34-12-4-7-21-43-34)37(44-35)27-15-18-30-32(24-27)31-23-26(33-11-3-6-20-42-33)14-17-29(31)39-41(30)47-22-8-5-13-36(47)45-39/h1-27H;2*1-24H. The Morgan fingerprint density at radius 1 is 0.145 bits per heavy atom. The van der Waals surface area contributed by atoms with E-state index in [1.807, 2.05) is 134 Å². The predicted molar refractivity (Wildman–Crippen MR) is 590 cm³/mol. The Labute approximate surface area is 825 Å². The third-order valence-electron chi connectivity index (χ3n) is 28.3. The Hall–Kier alpha value is -20.0. The summed E-state index contributed by atoms with van der Waals surface area (Å²) in [6.07, 6.45) is 15.4. The maximum Gasteiger partial charge on any atom is 0.137 e. The summed E-state index contributed by atoms with van der Waals surface area (Å²) in [6, 6.07) is 141. The summed E-state index contributed by atoms with van der Waals surface area (Å²) < 4.78 is 6.57. The van der Waals surface area contributed by atoms with E-state index in [0.29, 0.717) is 0 Å². The molecule has 0 aliphatic rings. The lowest BCUT2D eigenvalue weighted by Gasteiger charge is -2.15. The number of nitrogens with zero attached hydrogens (tertiary/aromatic N) is 17. The molecule has 0 aliphatic carbocycles. The van der Waals surface area contributed by atoms with Crippen LogP contribution in [0.4, 0.5) is 0 Å². The Morgan fingerprint density at radius 2 is 0.407 bits per heavy atom. The van der Waals surface area contributed by atoms with Gasteiger partial charge in [-0.25, -0.2) is 44.9 Å². The van der Waals surface area contributed by atoms with Gasteiger partial charge in [0.15, 0.2) is 0 Å². The quantitative estimate of drug-likeness (QED) is 0.124. The fourth-order valence-corrected chi connectivity index (χ4v) is 21.6. The van der Waals surface area contributed by atoms with Gasteiger partial charge in [0.05, 0.1) is 117 Å². The molecular weight excluding hydrogens is 1780 g/mol. The van der Waals surface area contributed by atoms with E-state index in [0.717, 1.165) is 282 Å². The molecule has 0 spiro atoms. The first-order valence-electron chi connectivity index (χ1n) is 48.3. The number of benzene rings is 17. The van der Waals surface area contributed by atoms with Gasteiger partial charge in [0.2, 0.25) is 0 Å². The van der Waals surface area contributed by atoms with Gasteiger partial charge in [0.1, 0.15) is 28.3 Å². The van der Waals surface area contributed by atoms with Crippen molar-refractivity contribution in [1.29, 1.82) is 0 Å². The van der Waals surface area contributed by atoms with E-state index in [2.05, 4.69) is 344 Å². The third-order valence-corrected chi connectivity index (χ3v) is 28.3. The summed E-state index contributed by atoms with van der Waals surface area (Å²) >= 11 is 0. The van der Waals surface area contributed by atoms with Crippen molar-refractivity contribution >= 4 is 191 Å². The second-order valence-electron chi connectivity index (χ2n) is 36.6. The zero-order chi connectivity index (χ0) is 95.3. The highest BCUT2D eigenvalue weighted by Crippen LogP contribution is 2.47. The van der Waals surface area contributed by atoms with Gasteiger partial charge in [0.25, 0.3) is 0 Å². The van der Waals surface area contributed by atoms with Crippen molar-refractivity contribution in [3.63, 3.8) is 0 Å². The summed E-state index contributed by atoms with van der Waals surface area (Å²) in [6.45, 7) is 0. The molecule has 14 aromatic heterocycles. The van der Waals surface area contributed by atoms with E-state index in [9.17, 15) is 0 Å². The van der Waals surface area contributed by atoms with Crippen LogP contribution in [0, 0.1) is 0 Å². The summed E-state index contributed by atoms with van der Waals surface area (Å²) in [5, 5.41) is 22.4. The molecule has 0 aliphatic heterocycles. The van der Waals surface area contributed by atoms with Gasteiger partial charge < -0.3 is 0 Å². The molecular formula is C128H75N17. The fraction of sp³-hybridized carbons (Fsp3) is 0. The normalized spacial score (nSPS) is 11.9. The maximum absolute atomic E-state index is 5.45. The molecule has 0 unspecified atom stereocenters. The molecule has 0 bridgehead atoms. The van der Waals surface area contributed by atoms with Crippen LogP contribution < -0.4 is 0 Å². The van der Waals surface area contributed by atoms with Crippen LogP contribution in [0.2, 0.25) is 0 Å². The molecule has 672 valence electrons. The smallest absolute Gasteiger partial charge is 0.137 e. The first kappa shape index (κ1) is 82.1. The van der Waals surface area contributed by atoms with Crippen molar-refractivity contribution in [2.45, 2.75) is 0 Å². The van der Waals surface area contributed by atoms with Crippen molar-refractivity contribution in [2.24, 2.45) is 0 Å². The molecule has 14 heterocycles. The Morgan fingerprint density at radius 3 is 0.786 bits per heavy atom. The molecule has 0 radical (unpaired) electrons. The van der Waals surface area contributed by atoms with Crippen molar-refractivity contribution < 1.29 is 0 Å². The lowest BCUT2D eigenvalue weighted by molar-refractivity contribution is 1.23. The maximum atomic E-state index is 5.45. The minimum Gasteiger partial charge on any atom is -0.299 e. The van der Waals surface area contributed by atoms with E-state index in [4.69, 9.17) is 54.8 Å². The number of fused-ring (bicyclic) bond motifs is 34. The van der Waals surface area contributed by atoms with Crippen molar-refractivity contribution in [2.75, 3.05) is 0 Å². The number of aromatic nitrogens is 17. The second-order valence-corrected chi connectivity index (χ2v) is 36.6. The first-order chi connectivity index (χ1) is 71.9. The highest BCUT2D eigenvalue weighted by atomic mass is 15.0. The first-order valence-corrected chi connectivity index (χ1v) is 48.3. The zero-order valence-corrected chi connectivity index (χ0v) is 77.4. The molecule has 17 heteroatoms. The molecule has 145 heavy (non-hydrogen) atoms. The summed E-state index contributed by atoms with van der Waals surface area (Å²) in [7, 11) is 0. The van der Waals surface area contributed by atoms with Crippen LogP contribution in [0.3, 0.4) is 0 Å². The topological polar surface area (TPSA) is 194 Å². The predicted octanol–water partition coefficient (Wildman–Crippen LogP) is 30.8. The van der Waals surface area contributed by atoms with E-state index in [1.165, 1.54) is 10.8 Å². The molecule has 0 fully saturated rings. The van der Waals surface area contributed by atoms with Gasteiger partial charge in [-0.3, -0.25) is 38.1 Å². The lowest BCUT2D eigenvalue weighted by atomic mass is 9.94. The SMILES string of the molecule is c1ccc(-c2ccc3c(c2)c2cc(-c4nc5c(ccc6ccccc65)nc4-c4ccccn4)ccc2c2c3nc3ccccn32)nc1.c1ccc(-c2ccc3c(c2)c2cc(-c4nc5ccc6ccccc6c5nc4-c4ccc5ccccc5c4)ccc2c2c3nc3ccccn32)nc1.c1ccc(-c2ccc3c(c2)c2cc(-c4nc5ccc6ccccc6c5nc4-c4ccccn4)ccc2c2c3nc3ccccn32)nc1. The van der Waals surface area contributed by atoms with Crippen LogP contribution in [0.25, 0.3) is 292 Å². The van der Waals surface area contributed by atoms with Crippen molar-refractivity contribution in [3.05, 3.63) is 456 Å². The van der Waals surface area contributed by atoms with Crippen LogP contribution in [-0.2, 0) is 0 Å². The molecule has 17 nitrogen and oxygen atoms in total. The molecule has 0 N–H and O–H groups in total. The second kappa shape index (κ2) is 33.4. The van der Waals surface area contributed by atoms with Gasteiger partial charge in [0, 0.05) is 137 Å². The minimum atomic E-state index is 0.752. The number of rotatable bonds is 9. The highest BCUT2D eigenvalue weighted by Gasteiger charge is 2.27. The monoisotopic (exact) mass is 1850 g/mol. The highest BCUT2D eigenvalue weighted by molar-refractivity contribution is 6.29. The molecule has 17 aromatic carbocycles. The van der Waals surface area contributed by atoms with Gasteiger partial charge in [-0.2, -0.15) is 0 Å². The van der Waals surface area contributed by atoms with Crippen LogP contribution in [0.15, 0.2) is 456 Å². The summed E-state index contributed by atoms with van der Waals surface area (Å²) in [4.78, 5) is 70.8. The number of hydrogen-bond acceptors (Lipinski definition) is 14. The van der Waals surface area contributed by atoms with Gasteiger partial charge in [-0.1, -0.05) is 249 Å². The number of pyridine rings is 8. The molecule has 0 amide bonds. The molecule has 0 atom stereocenters. The fourth-order valence-electron chi connectivity index (χ4n) is 21.6. The van der Waals surface area contributed by atoms with Crippen LogP contribution in [-0.4, -0.2) is 83.0 Å². The zero-order valence-electron chi connectivity index (χ0n) is 77.4. The van der Waals surface area contributed by atoms with Crippen molar-refractivity contribution in [3.8, 4) is 102 Å². The van der Waals surface area contributed by atoms with Crippen LogP contribution in [0.1, 0.15) is 0 Å². The van der Waals surface area contributed by atoms with Gasteiger partial charge in [-0.15, -0.1) is 0 Å². The van der Waals surface area contributed by atoms with Crippen LogP contribution in [0.5, 0.6) is 0 Å². The Kier molecular flexibility index (Phi) is 18.9.